The van der Waals surface area contributed by atoms with Gasteiger partial charge in [0.05, 0.1) is 5.75 Å². The maximum Gasteiger partial charge on any atom is 0.247 e. The zero-order valence-corrected chi connectivity index (χ0v) is 12.4. The lowest BCUT2D eigenvalue weighted by molar-refractivity contribution is 0.475. The van der Waals surface area contributed by atoms with Crippen LogP contribution in [-0.2, 0) is 5.75 Å². The molecule has 0 bridgehead atoms. The summed E-state index contributed by atoms with van der Waals surface area (Å²) in [6.45, 7) is 0. The third-order valence-corrected chi connectivity index (χ3v) is 4.01. The van der Waals surface area contributed by atoms with Crippen LogP contribution in [0.25, 0.3) is 11.5 Å². The lowest BCUT2D eigenvalue weighted by atomic mass is 10.2. The molecule has 0 atom stereocenters. The number of nitrogens with zero attached hydrogens (tertiary/aromatic N) is 2. The average molecular weight is 319 g/mol. The van der Waals surface area contributed by atoms with Gasteiger partial charge in [0.25, 0.3) is 0 Å². The summed E-state index contributed by atoms with van der Waals surface area (Å²) in [6, 6.07) is 14.2. The minimum absolute atomic E-state index is 0.252. The highest BCUT2D eigenvalue weighted by molar-refractivity contribution is 7.98. The van der Waals surface area contributed by atoms with Crippen LogP contribution >= 0.6 is 23.4 Å². The molecule has 6 heteroatoms. The Hall–Kier alpha value is -1.98. The van der Waals surface area contributed by atoms with Gasteiger partial charge in [-0.05, 0) is 48.5 Å². The smallest absolute Gasteiger partial charge is 0.247 e. The molecule has 0 saturated heterocycles. The monoisotopic (exact) mass is 318 g/mol. The molecule has 1 heterocycles. The van der Waals surface area contributed by atoms with Gasteiger partial charge < -0.3 is 9.52 Å². The Balaban J connectivity index is 1.67. The van der Waals surface area contributed by atoms with Crippen LogP contribution in [-0.4, -0.2) is 15.3 Å². The third kappa shape index (κ3) is 3.56. The number of hydrogen-bond acceptors (Lipinski definition) is 5. The average Bonchev–Trinajstić information content (AvgIpc) is 2.96. The largest absolute Gasteiger partial charge is 0.508 e. The second-order valence-corrected chi connectivity index (χ2v) is 5.78. The number of hydrogen-bond donors (Lipinski definition) is 1. The molecule has 106 valence electrons. The van der Waals surface area contributed by atoms with Crippen LogP contribution in [0.15, 0.2) is 57.8 Å². The predicted molar refractivity (Wildman–Crippen MR) is 82.4 cm³/mol. The maximum atomic E-state index is 9.23. The number of phenolic OH excluding ortho intramolecular Hbond substituents is 1. The molecular weight excluding hydrogens is 308 g/mol. The van der Waals surface area contributed by atoms with Crippen molar-refractivity contribution < 1.29 is 9.52 Å². The zero-order chi connectivity index (χ0) is 14.7. The van der Waals surface area contributed by atoms with Crippen molar-refractivity contribution >= 4 is 23.4 Å². The summed E-state index contributed by atoms with van der Waals surface area (Å²) >= 11 is 7.41. The van der Waals surface area contributed by atoms with E-state index in [2.05, 4.69) is 10.2 Å². The highest BCUT2D eigenvalue weighted by Crippen LogP contribution is 2.26. The molecule has 0 aliphatic heterocycles. The lowest BCUT2D eigenvalue weighted by Gasteiger charge is -1.98. The fourth-order valence-electron chi connectivity index (χ4n) is 1.71. The first-order chi connectivity index (χ1) is 10.2. The van der Waals surface area contributed by atoms with Gasteiger partial charge >= 0.3 is 0 Å². The Morgan fingerprint density at radius 3 is 2.43 bits per heavy atom. The van der Waals surface area contributed by atoms with Crippen molar-refractivity contribution in [3.63, 3.8) is 0 Å². The first-order valence-electron chi connectivity index (χ1n) is 6.21. The third-order valence-electron chi connectivity index (χ3n) is 2.76. The molecule has 0 radical (unpaired) electrons. The molecule has 3 rings (SSSR count). The van der Waals surface area contributed by atoms with Crippen LogP contribution in [0.4, 0.5) is 0 Å². The fraction of sp³-hybridized carbons (Fsp3) is 0.0667. The molecule has 1 N–H and O–H groups in total. The molecule has 0 aliphatic carbocycles. The van der Waals surface area contributed by atoms with Gasteiger partial charge in [-0.3, -0.25) is 0 Å². The number of halogens is 1. The Kier molecular flexibility index (Phi) is 4.13. The summed E-state index contributed by atoms with van der Waals surface area (Å²) in [7, 11) is 0. The van der Waals surface area contributed by atoms with Gasteiger partial charge in [0.1, 0.15) is 5.75 Å². The first kappa shape index (κ1) is 14.0. The van der Waals surface area contributed by atoms with Crippen molar-refractivity contribution in [1.29, 1.82) is 0 Å². The molecule has 3 aromatic rings. The van der Waals surface area contributed by atoms with E-state index in [-0.39, 0.29) is 5.75 Å². The van der Waals surface area contributed by atoms with Crippen LogP contribution in [0.2, 0.25) is 5.02 Å². The van der Waals surface area contributed by atoms with E-state index in [1.807, 2.05) is 24.3 Å². The molecule has 1 aromatic heterocycles. The number of thioether (sulfide) groups is 1. The standard InChI is InChI=1S/C15H11ClN2O2S/c16-11-3-1-10(2-4-11)15-18-17-14(20-15)9-21-13-7-5-12(19)6-8-13/h1-8,19H,9H2. The van der Waals surface area contributed by atoms with Gasteiger partial charge in [-0.2, -0.15) is 0 Å². The van der Waals surface area contributed by atoms with Crippen LogP contribution in [0.5, 0.6) is 5.75 Å². The topological polar surface area (TPSA) is 59.2 Å². The SMILES string of the molecule is Oc1ccc(SCc2nnc(-c3ccc(Cl)cc3)o2)cc1. The van der Waals surface area contributed by atoms with E-state index in [0.717, 1.165) is 10.5 Å². The first-order valence-corrected chi connectivity index (χ1v) is 7.57. The van der Waals surface area contributed by atoms with Crippen molar-refractivity contribution in [2.24, 2.45) is 0 Å². The normalized spacial score (nSPS) is 10.7. The highest BCUT2D eigenvalue weighted by Gasteiger charge is 2.09. The van der Waals surface area contributed by atoms with Crippen molar-refractivity contribution in [2.45, 2.75) is 10.6 Å². The van der Waals surface area contributed by atoms with E-state index in [9.17, 15) is 5.11 Å². The van der Waals surface area contributed by atoms with E-state index in [0.29, 0.717) is 22.6 Å². The summed E-state index contributed by atoms with van der Waals surface area (Å²) in [4.78, 5) is 1.03. The van der Waals surface area contributed by atoms with E-state index >= 15 is 0 Å². The molecule has 2 aromatic carbocycles. The second-order valence-electron chi connectivity index (χ2n) is 4.29. The van der Waals surface area contributed by atoms with E-state index in [4.69, 9.17) is 16.0 Å². The van der Waals surface area contributed by atoms with Crippen LogP contribution in [0.1, 0.15) is 5.89 Å². The Morgan fingerprint density at radius 1 is 1.00 bits per heavy atom. The van der Waals surface area contributed by atoms with Gasteiger partial charge in [0, 0.05) is 15.5 Å². The highest BCUT2D eigenvalue weighted by atomic mass is 35.5. The maximum absolute atomic E-state index is 9.23. The molecule has 0 spiro atoms. The number of rotatable bonds is 4. The second kappa shape index (κ2) is 6.20. The van der Waals surface area contributed by atoms with Crippen LogP contribution in [0.3, 0.4) is 0 Å². The zero-order valence-electron chi connectivity index (χ0n) is 10.9. The summed E-state index contributed by atoms with van der Waals surface area (Å²) in [5, 5.41) is 18.0. The molecule has 0 unspecified atom stereocenters. The van der Waals surface area contributed by atoms with Gasteiger partial charge in [-0.25, -0.2) is 0 Å². The summed E-state index contributed by atoms with van der Waals surface area (Å²) in [5.74, 6) is 1.86. The van der Waals surface area contributed by atoms with Crippen LogP contribution < -0.4 is 0 Å². The predicted octanol–water partition coefficient (Wildman–Crippen LogP) is 4.39. The summed E-state index contributed by atoms with van der Waals surface area (Å²) < 4.78 is 5.62. The van der Waals surface area contributed by atoms with Gasteiger partial charge in [-0.15, -0.1) is 22.0 Å². The van der Waals surface area contributed by atoms with Gasteiger partial charge in [0.2, 0.25) is 11.8 Å². The summed E-state index contributed by atoms with van der Waals surface area (Å²) in [6.07, 6.45) is 0. The van der Waals surface area contributed by atoms with Crippen LogP contribution in [0, 0.1) is 0 Å². The number of aromatic nitrogens is 2. The number of benzene rings is 2. The number of phenols is 1. The van der Waals surface area contributed by atoms with Gasteiger partial charge in [-0.1, -0.05) is 11.6 Å². The van der Waals surface area contributed by atoms with E-state index in [1.165, 1.54) is 0 Å². The molecule has 0 saturated carbocycles. The fourth-order valence-corrected chi connectivity index (χ4v) is 2.57. The van der Waals surface area contributed by atoms with Gasteiger partial charge in [0.15, 0.2) is 0 Å². The Bertz CT molecular complexity index is 726. The minimum Gasteiger partial charge on any atom is -0.508 e. The molecule has 0 aliphatic rings. The van der Waals surface area contributed by atoms with Crippen molar-refractivity contribution in [1.82, 2.24) is 10.2 Å². The summed E-state index contributed by atoms with van der Waals surface area (Å²) in [5.41, 5.74) is 0.841. The lowest BCUT2D eigenvalue weighted by Crippen LogP contribution is -1.80. The molecular formula is C15H11ClN2O2S. The van der Waals surface area contributed by atoms with Crippen molar-refractivity contribution in [3.8, 4) is 17.2 Å². The Labute approximate surface area is 130 Å². The van der Waals surface area contributed by atoms with Crippen molar-refractivity contribution in [2.75, 3.05) is 0 Å². The molecule has 0 amide bonds. The quantitative estimate of drug-likeness (QED) is 0.723. The molecule has 0 fully saturated rings. The minimum atomic E-state index is 0.252. The van der Waals surface area contributed by atoms with E-state index in [1.54, 1.807) is 36.0 Å². The van der Waals surface area contributed by atoms with Crippen molar-refractivity contribution in [3.05, 3.63) is 59.4 Å². The molecule has 21 heavy (non-hydrogen) atoms. The Morgan fingerprint density at radius 2 is 1.71 bits per heavy atom. The molecule has 4 nitrogen and oxygen atoms in total. The van der Waals surface area contributed by atoms with E-state index < -0.39 is 0 Å². The number of aromatic hydroxyl groups is 1.